The molecule has 0 N–H and O–H groups in total. The Morgan fingerprint density at radius 2 is 2.00 bits per heavy atom. The van der Waals surface area contributed by atoms with Crippen molar-refractivity contribution in [2.75, 3.05) is 0 Å². The number of carbonyl (C=O) groups is 1. The van der Waals surface area contributed by atoms with Crippen LogP contribution >= 0.6 is 0 Å². The zero-order valence-electron chi connectivity index (χ0n) is 9.09. The fourth-order valence-electron chi connectivity index (χ4n) is 2.21. The van der Waals surface area contributed by atoms with Crippen molar-refractivity contribution in [1.82, 2.24) is 0 Å². The molecule has 1 aromatic carbocycles. The van der Waals surface area contributed by atoms with Crippen molar-refractivity contribution in [3.63, 3.8) is 0 Å². The first kappa shape index (κ1) is 10.3. The van der Waals surface area contributed by atoms with Gasteiger partial charge in [-0.15, -0.1) is 0 Å². The Morgan fingerprint density at radius 1 is 1.33 bits per heavy atom. The lowest BCUT2D eigenvalue weighted by molar-refractivity contribution is -0.116. The number of aldehydes is 1. The molecule has 1 aliphatic carbocycles. The maximum atomic E-state index is 13.0. The number of hydrogen-bond donors (Lipinski definition) is 0. The minimum atomic E-state index is -0.310. The maximum Gasteiger partial charge on any atom is 0.125 e. The average molecular weight is 206 g/mol. The Morgan fingerprint density at radius 3 is 2.67 bits per heavy atom. The molecule has 1 atom stereocenters. The van der Waals surface area contributed by atoms with Crippen molar-refractivity contribution in [3.05, 3.63) is 35.1 Å². The van der Waals surface area contributed by atoms with E-state index >= 15 is 0 Å². The van der Waals surface area contributed by atoms with E-state index in [4.69, 9.17) is 0 Å². The highest BCUT2D eigenvalue weighted by Gasteiger charge is 2.34. The predicted octanol–water partition coefficient (Wildman–Crippen LogP) is 2.77. The van der Waals surface area contributed by atoms with Crippen molar-refractivity contribution in [1.29, 1.82) is 0 Å². The molecule has 1 nitrogen and oxygen atoms in total. The molecule has 0 radical (unpaired) electrons. The monoisotopic (exact) mass is 206 g/mol. The van der Waals surface area contributed by atoms with Gasteiger partial charge in [0.1, 0.15) is 12.1 Å². The third-order valence-electron chi connectivity index (χ3n) is 3.46. The van der Waals surface area contributed by atoms with E-state index in [1.165, 1.54) is 11.6 Å². The minimum absolute atomic E-state index is 0.182. The Kier molecular flexibility index (Phi) is 2.37. The van der Waals surface area contributed by atoms with Crippen LogP contribution in [-0.4, -0.2) is 6.29 Å². The van der Waals surface area contributed by atoms with Crippen molar-refractivity contribution < 1.29 is 9.18 Å². The molecule has 0 saturated carbocycles. The van der Waals surface area contributed by atoms with Crippen LogP contribution in [0, 0.1) is 17.2 Å². The summed E-state index contributed by atoms with van der Waals surface area (Å²) < 4.78 is 13.0. The van der Waals surface area contributed by atoms with Crippen molar-refractivity contribution >= 4 is 6.29 Å². The summed E-state index contributed by atoms with van der Waals surface area (Å²) in [6.07, 6.45) is 2.72. The van der Waals surface area contributed by atoms with Crippen LogP contribution in [0.1, 0.15) is 25.0 Å². The normalized spacial score (nSPS) is 20.1. The number of carbonyl (C=O) groups excluding carboxylic acids is 1. The Labute approximate surface area is 89.3 Å². The largest absolute Gasteiger partial charge is 0.303 e. The van der Waals surface area contributed by atoms with E-state index in [-0.39, 0.29) is 11.2 Å². The van der Waals surface area contributed by atoms with E-state index in [0.29, 0.717) is 5.92 Å². The Balaban J connectivity index is 2.26. The van der Waals surface area contributed by atoms with Gasteiger partial charge in [-0.25, -0.2) is 4.39 Å². The van der Waals surface area contributed by atoms with Gasteiger partial charge in [0.15, 0.2) is 0 Å². The first-order valence-corrected chi connectivity index (χ1v) is 5.26. The molecule has 0 bridgehead atoms. The summed E-state index contributed by atoms with van der Waals surface area (Å²) in [7, 11) is 0. The molecule has 0 spiro atoms. The van der Waals surface area contributed by atoms with E-state index in [9.17, 15) is 9.18 Å². The van der Waals surface area contributed by atoms with Gasteiger partial charge in [0.2, 0.25) is 0 Å². The summed E-state index contributed by atoms with van der Waals surface area (Å²) >= 11 is 0. The smallest absolute Gasteiger partial charge is 0.125 e. The first-order valence-electron chi connectivity index (χ1n) is 5.26. The lowest BCUT2D eigenvalue weighted by Gasteiger charge is -2.24. The maximum absolute atomic E-state index is 13.0. The summed E-state index contributed by atoms with van der Waals surface area (Å²) in [6.45, 7) is 3.90. The number of benzene rings is 1. The van der Waals surface area contributed by atoms with Gasteiger partial charge in [0.05, 0.1) is 0 Å². The molecule has 1 aliphatic rings. The van der Waals surface area contributed by atoms with Crippen LogP contribution < -0.4 is 0 Å². The third-order valence-corrected chi connectivity index (χ3v) is 3.46. The molecule has 15 heavy (non-hydrogen) atoms. The molecule has 1 unspecified atom stereocenters. The summed E-state index contributed by atoms with van der Waals surface area (Å²) in [5.41, 5.74) is 1.95. The lowest BCUT2D eigenvalue weighted by Crippen LogP contribution is -2.25. The lowest BCUT2D eigenvalue weighted by atomic mass is 9.78. The van der Waals surface area contributed by atoms with Gasteiger partial charge in [-0.1, -0.05) is 19.9 Å². The highest BCUT2D eigenvalue weighted by atomic mass is 19.1. The summed E-state index contributed by atoms with van der Waals surface area (Å²) in [4.78, 5) is 11.0. The number of fused-ring (bicyclic) bond motifs is 1. The summed E-state index contributed by atoms with van der Waals surface area (Å²) in [5, 5.41) is 0. The molecule has 0 amide bonds. The van der Waals surface area contributed by atoms with Crippen LogP contribution in [0.15, 0.2) is 18.2 Å². The second kappa shape index (κ2) is 3.44. The zero-order valence-corrected chi connectivity index (χ0v) is 9.09. The summed E-state index contributed by atoms with van der Waals surface area (Å²) in [6, 6.07) is 4.93. The van der Waals surface area contributed by atoms with Crippen LogP contribution in [0.25, 0.3) is 0 Å². The van der Waals surface area contributed by atoms with E-state index < -0.39 is 0 Å². The quantitative estimate of drug-likeness (QED) is 0.680. The minimum Gasteiger partial charge on any atom is -0.303 e. The van der Waals surface area contributed by atoms with Crippen LogP contribution in [0.4, 0.5) is 4.39 Å². The molecule has 2 rings (SSSR count). The zero-order chi connectivity index (χ0) is 11.1. The highest BCUT2D eigenvalue weighted by molar-refractivity contribution is 5.59. The molecule has 0 saturated heterocycles. The molecule has 0 aromatic heterocycles. The number of halogens is 1. The summed E-state index contributed by atoms with van der Waals surface area (Å²) in [5.74, 6) is 0.130. The molecule has 0 aliphatic heterocycles. The molecular formula is C13H15FO. The second-order valence-electron chi connectivity index (χ2n) is 4.96. The van der Waals surface area contributed by atoms with E-state index in [1.54, 1.807) is 6.07 Å². The Hall–Kier alpha value is -1.18. The Bertz CT molecular complexity index is 396. The fourth-order valence-corrected chi connectivity index (χ4v) is 2.21. The van der Waals surface area contributed by atoms with Crippen LogP contribution in [0.5, 0.6) is 0 Å². The van der Waals surface area contributed by atoms with Gasteiger partial charge in [0, 0.05) is 5.41 Å². The fraction of sp³-hybridized carbons (Fsp3) is 0.462. The van der Waals surface area contributed by atoms with Gasteiger partial charge in [0.25, 0.3) is 0 Å². The molecular weight excluding hydrogens is 191 g/mol. The SMILES string of the molecule is CC(C)(C=O)C1Cc2ccc(F)cc2C1. The van der Waals surface area contributed by atoms with E-state index in [0.717, 1.165) is 24.7 Å². The van der Waals surface area contributed by atoms with Crippen molar-refractivity contribution in [3.8, 4) is 0 Å². The van der Waals surface area contributed by atoms with Crippen LogP contribution in [-0.2, 0) is 17.6 Å². The van der Waals surface area contributed by atoms with Crippen molar-refractivity contribution in [2.45, 2.75) is 26.7 Å². The van der Waals surface area contributed by atoms with Gasteiger partial charge in [-0.05, 0) is 42.0 Å². The molecule has 1 aromatic rings. The first-order chi connectivity index (χ1) is 7.03. The van der Waals surface area contributed by atoms with Gasteiger partial charge < -0.3 is 4.79 Å². The van der Waals surface area contributed by atoms with E-state index in [1.807, 2.05) is 19.9 Å². The standard InChI is InChI=1S/C13H15FO/c1-13(2,8-15)11-5-9-3-4-12(14)7-10(9)6-11/h3-4,7-8,11H,5-6H2,1-2H3. The molecule has 80 valence electrons. The second-order valence-corrected chi connectivity index (χ2v) is 4.96. The van der Waals surface area contributed by atoms with Crippen LogP contribution in [0.3, 0.4) is 0 Å². The van der Waals surface area contributed by atoms with Crippen molar-refractivity contribution in [2.24, 2.45) is 11.3 Å². The predicted molar refractivity (Wildman–Crippen MR) is 57.1 cm³/mol. The average Bonchev–Trinajstić information content (AvgIpc) is 2.61. The highest BCUT2D eigenvalue weighted by Crippen LogP contribution is 2.37. The van der Waals surface area contributed by atoms with Gasteiger partial charge in [-0.3, -0.25) is 0 Å². The van der Waals surface area contributed by atoms with E-state index in [2.05, 4.69) is 0 Å². The molecule has 0 heterocycles. The number of rotatable bonds is 2. The topological polar surface area (TPSA) is 17.1 Å². The van der Waals surface area contributed by atoms with Crippen LogP contribution in [0.2, 0.25) is 0 Å². The molecule has 0 fully saturated rings. The van der Waals surface area contributed by atoms with Gasteiger partial charge in [-0.2, -0.15) is 0 Å². The third kappa shape index (κ3) is 1.81. The number of hydrogen-bond acceptors (Lipinski definition) is 1. The molecule has 2 heteroatoms. The van der Waals surface area contributed by atoms with Gasteiger partial charge >= 0.3 is 0 Å².